The summed E-state index contributed by atoms with van der Waals surface area (Å²) in [7, 11) is 0. The van der Waals surface area contributed by atoms with Gasteiger partial charge in [-0.1, -0.05) is 50.2 Å². The number of fused-ring (bicyclic) bond motifs is 4. The van der Waals surface area contributed by atoms with Crippen LogP contribution in [0.15, 0.2) is 53.3 Å². The predicted molar refractivity (Wildman–Crippen MR) is 86.7 cm³/mol. The minimum absolute atomic E-state index is 0.0148. The minimum atomic E-state index is -0.0148. The van der Waals surface area contributed by atoms with E-state index in [-0.39, 0.29) is 10.8 Å². The minimum Gasteiger partial charge on any atom is -0.354 e. The van der Waals surface area contributed by atoms with Gasteiger partial charge in [-0.25, -0.2) is 0 Å². The van der Waals surface area contributed by atoms with Crippen LogP contribution in [-0.4, -0.2) is 4.98 Å². The lowest BCUT2D eigenvalue weighted by Gasteiger charge is -2.33. The van der Waals surface area contributed by atoms with Crippen LogP contribution in [0.3, 0.4) is 0 Å². The van der Waals surface area contributed by atoms with Gasteiger partial charge in [-0.15, -0.1) is 0 Å². The average Bonchev–Trinajstić information content (AvgIpc) is 2.49. The Hall–Kier alpha value is -2.35. The lowest BCUT2D eigenvalue weighted by molar-refractivity contribution is 0.514. The van der Waals surface area contributed by atoms with Crippen LogP contribution in [-0.2, 0) is 11.8 Å². The zero-order valence-corrected chi connectivity index (χ0v) is 12.2. The zero-order valence-electron chi connectivity index (χ0n) is 12.2. The van der Waals surface area contributed by atoms with Crippen LogP contribution >= 0.6 is 0 Å². The van der Waals surface area contributed by atoms with Crippen molar-refractivity contribution in [1.82, 2.24) is 4.98 Å². The Morgan fingerprint density at radius 2 is 1.71 bits per heavy atom. The summed E-state index contributed by atoms with van der Waals surface area (Å²) in [6, 6.07) is 16.2. The topological polar surface area (TPSA) is 32.9 Å². The van der Waals surface area contributed by atoms with Gasteiger partial charge in [0.25, 0.3) is 0 Å². The number of para-hydroxylation sites is 1. The maximum Gasteiger partial charge on any atom is 0.193 e. The van der Waals surface area contributed by atoms with Crippen LogP contribution in [0.4, 0.5) is 0 Å². The molecule has 1 aromatic heterocycles. The van der Waals surface area contributed by atoms with E-state index in [9.17, 15) is 4.79 Å². The van der Waals surface area contributed by atoms with Gasteiger partial charge in [0.1, 0.15) is 0 Å². The summed E-state index contributed by atoms with van der Waals surface area (Å²) >= 11 is 0. The number of hydrogen-bond acceptors (Lipinski definition) is 1. The van der Waals surface area contributed by atoms with Crippen molar-refractivity contribution in [2.45, 2.75) is 25.7 Å². The second kappa shape index (κ2) is 4.08. The normalized spacial score (nSPS) is 15.5. The van der Waals surface area contributed by atoms with Gasteiger partial charge in [0.15, 0.2) is 5.43 Å². The first-order valence-electron chi connectivity index (χ1n) is 7.32. The lowest BCUT2D eigenvalue weighted by Crippen LogP contribution is -2.30. The summed E-state index contributed by atoms with van der Waals surface area (Å²) in [5.41, 5.74) is 5.44. The largest absolute Gasteiger partial charge is 0.354 e. The number of rotatable bonds is 0. The molecular formula is C19H17NO. The molecule has 1 aliphatic rings. The molecule has 104 valence electrons. The standard InChI is InChI=1S/C19H17NO/c1-19(2)11-14-17(12-7-3-5-9-15(12)19)20-16-10-6-4-8-13(16)18(14)21/h3-10H,11H2,1-2H3,(H,20,21). The van der Waals surface area contributed by atoms with Crippen molar-refractivity contribution in [3.8, 4) is 11.3 Å². The molecule has 4 rings (SSSR count). The van der Waals surface area contributed by atoms with Gasteiger partial charge in [0.2, 0.25) is 0 Å². The highest BCUT2D eigenvalue weighted by Gasteiger charge is 2.32. The summed E-state index contributed by atoms with van der Waals surface area (Å²) in [4.78, 5) is 16.3. The van der Waals surface area contributed by atoms with E-state index in [1.165, 1.54) is 5.56 Å². The summed E-state index contributed by atoms with van der Waals surface area (Å²) < 4.78 is 0. The number of hydrogen-bond donors (Lipinski definition) is 1. The van der Waals surface area contributed by atoms with Crippen molar-refractivity contribution >= 4 is 10.9 Å². The fourth-order valence-corrected chi connectivity index (χ4v) is 3.50. The zero-order chi connectivity index (χ0) is 14.6. The average molecular weight is 275 g/mol. The van der Waals surface area contributed by atoms with Crippen molar-refractivity contribution in [3.05, 3.63) is 69.9 Å². The second-order valence-electron chi connectivity index (χ2n) is 6.46. The fraction of sp³-hybridized carbons (Fsp3) is 0.211. The van der Waals surface area contributed by atoms with Gasteiger partial charge >= 0.3 is 0 Å². The van der Waals surface area contributed by atoms with Crippen LogP contribution in [0.25, 0.3) is 22.2 Å². The highest BCUT2D eigenvalue weighted by atomic mass is 16.1. The maximum atomic E-state index is 12.9. The van der Waals surface area contributed by atoms with E-state index < -0.39 is 0 Å². The molecule has 1 aliphatic carbocycles. The molecule has 0 amide bonds. The van der Waals surface area contributed by atoms with Crippen molar-refractivity contribution in [1.29, 1.82) is 0 Å². The number of aromatic nitrogens is 1. The smallest absolute Gasteiger partial charge is 0.193 e. The molecule has 21 heavy (non-hydrogen) atoms. The first-order valence-corrected chi connectivity index (χ1v) is 7.32. The summed E-state index contributed by atoms with van der Waals surface area (Å²) in [5.74, 6) is 0. The van der Waals surface area contributed by atoms with E-state index in [0.29, 0.717) is 0 Å². The molecule has 0 atom stereocenters. The van der Waals surface area contributed by atoms with Crippen molar-refractivity contribution < 1.29 is 0 Å². The molecule has 2 nitrogen and oxygen atoms in total. The number of aromatic amines is 1. The number of H-pyrrole nitrogens is 1. The molecule has 0 saturated carbocycles. The third-order valence-corrected chi connectivity index (χ3v) is 4.55. The monoisotopic (exact) mass is 275 g/mol. The van der Waals surface area contributed by atoms with E-state index in [0.717, 1.165) is 34.1 Å². The van der Waals surface area contributed by atoms with Crippen LogP contribution in [0.2, 0.25) is 0 Å². The van der Waals surface area contributed by atoms with E-state index in [2.05, 4.69) is 37.0 Å². The molecule has 2 heteroatoms. The molecule has 2 aromatic carbocycles. The third kappa shape index (κ3) is 1.69. The van der Waals surface area contributed by atoms with Crippen molar-refractivity contribution in [2.75, 3.05) is 0 Å². The molecule has 0 bridgehead atoms. The Bertz CT molecular complexity index is 918. The van der Waals surface area contributed by atoms with E-state index >= 15 is 0 Å². The van der Waals surface area contributed by atoms with Gasteiger partial charge in [-0.05, 0) is 29.5 Å². The second-order valence-corrected chi connectivity index (χ2v) is 6.46. The molecule has 0 radical (unpaired) electrons. The van der Waals surface area contributed by atoms with E-state index in [1.54, 1.807) is 0 Å². The fourth-order valence-electron chi connectivity index (χ4n) is 3.50. The quantitative estimate of drug-likeness (QED) is 0.660. The van der Waals surface area contributed by atoms with Gasteiger partial charge in [0, 0.05) is 22.0 Å². The SMILES string of the molecule is CC1(C)Cc2c([nH]c3ccccc3c2=O)-c2ccccc21. The summed E-state index contributed by atoms with van der Waals surface area (Å²) in [5, 5.41) is 0.784. The first kappa shape index (κ1) is 12.4. The molecule has 0 fully saturated rings. The Labute approximate surface area is 123 Å². The number of benzene rings is 2. The van der Waals surface area contributed by atoms with Crippen LogP contribution in [0.1, 0.15) is 25.0 Å². The highest BCUT2D eigenvalue weighted by molar-refractivity contribution is 5.85. The summed E-state index contributed by atoms with van der Waals surface area (Å²) in [6.07, 6.45) is 0.777. The van der Waals surface area contributed by atoms with Crippen LogP contribution in [0, 0.1) is 0 Å². The van der Waals surface area contributed by atoms with Crippen LogP contribution < -0.4 is 5.43 Å². The molecule has 0 spiro atoms. The van der Waals surface area contributed by atoms with Crippen molar-refractivity contribution in [2.24, 2.45) is 0 Å². The molecule has 0 aliphatic heterocycles. The maximum absolute atomic E-state index is 12.9. The first-order chi connectivity index (χ1) is 10.1. The molecular weight excluding hydrogens is 258 g/mol. The third-order valence-electron chi connectivity index (χ3n) is 4.55. The summed E-state index contributed by atoms with van der Waals surface area (Å²) in [6.45, 7) is 4.42. The van der Waals surface area contributed by atoms with Gasteiger partial charge < -0.3 is 4.98 Å². The number of pyridine rings is 1. The highest BCUT2D eigenvalue weighted by Crippen LogP contribution is 2.41. The van der Waals surface area contributed by atoms with Crippen LogP contribution in [0.5, 0.6) is 0 Å². The Morgan fingerprint density at radius 1 is 1.00 bits per heavy atom. The van der Waals surface area contributed by atoms with Crippen molar-refractivity contribution in [3.63, 3.8) is 0 Å². The van der Waals surface area contributed by atoms with Gasteiger partial charge in [-0.3, -0.25) is 4.79 Å². The van der Waals surface area contributed by atoms with E-state index in [4.69, 9.17) is 0 Å². The Morgan fingerprint density at radius 3 is 2.57 bits per heavy atom. The molecule has 1 N–H and O–H groups in total. The molecule has 3 aromatic rings. The van der Waals surface area contributed by atoms with Gasteiger partial charge in [-0.2, -0.15) is 0 Å². The predicted octanol–water partition coefficient (Wildman–Crippen LogP) is 4.03. The van der Waals surface area contributed by atoms with Gasteiger partial charge in [0.05, 0.1) is 5.69 Å². The molecule has 0 saturated heterocycles. The Balaban J connectivity index is 2.16. The molecule has 1 heterocycles. The lowest BCUT2D eigenvalue weighted by atomic mass is 9.71. The van der Waals surface area contributed by atoms with E-state index in [1.807, 2.05) is 30.3 Å². The molecule has 0 unspecified atom stereocenters. The Kier molecular flexibility index (Phi) is 2.41. The number of nitrogens with one attached hydrogen (secondary N) is 1.